The smallest absolute Gasteiger partial charge is 0.325 e. The van der Waals surface area contributed by atoms with E-state index in [1.165, 1.54) is 0 Å². The molecule has 2 N–H and O–H groups in total. The fourth-order valence-corrected chi connectivity index (χ4v) is 1.89. The van der Waals surface area contributed by atoms with Crippen molar-refractivity contribution in [2.45, 2.75) is 31.8 Å². The van der Waals surface area contributed by atoms with Crippen molar-refractivity contribution in [1.82, 2.24) is 10.2 Å². The van der Waals surface area contributed by atoms with Gasteiger partial charge in [-0.3, -0.25) is 15.0 Å². The maximum atomic E-state index is 11.2. The molecule has 0 aromatic carbocycles. The maximum Gasteiger partial charge on any atom is 0.325 e. The van der Waals surface area contributed by atoms with E-state index < -0.39 is 11.5 Å². The number of carboxylic acid groups (broad SMARTS) is 1. The topological polar surface area (TPSA) is 52.6 Å². The molecule has 0 bridgehead atoms. The molecular formula is C11H18N2O2. The summed E-state index contributed by atoms with van der Waals surface area (Å²) in [5.74, 6) is 1.62. The van der Waals surface area contributed by atoms with E-state index in [1.807, 2.05) is 0 Å². The molecule has 4 nitrogen and oxygen atoms in total. The summed E-state index contributed by atoms with van der Waals surface area (Å²) in [6, 6.07) is 0.374. The molecule has 1 rings (SSSR count). The third-order valence-electron chi connectivity index (χ3n) is 2.97. The Bertz CT molecular complexity index is 283. The van der Waals surface area contributed by atoms with Crippen LogP contribution in [0.4, 0.5) is 0 Å². The Balaban J connectivity index is 2.70. The number of likely N-dealkylation sites (tertiary alicyclic amines) is 1. The van der Waals surface area contributed by atoms with Crippen molar-refractivity contribution < 1.29 is 9.90 Å². The number of rotatable bonds is 4. The van der Waals surface area contributed by atoms with Gasteiger partial charge in [0.05, 0.1) is 6.54 Å². The molecule has 0 aromatic heterocycles. The third-order valence-corrected chi connectivity index (χ3v) is 2.97. The van der Waals surface area contributed by atoms with Crippen LogP contribution in [0.2, 0.25) is 0 Å². The van der Waals surface area contributed by atoms with Gasteiger partial charge in [-0.1, -0.05) is 5.92 Å². The van der Waals surface area contributed by atoms with Crippen LogP contribution in [0, 0.1) is 12.3 Å². The molecule has 84 valence electrons. The molecular weight excluding hydrogens is 192 g/mol. The molecule has 1 unspecified atom stereocenters. The van der Waals surface area contributed by atoms with Crippen molar-refractivity contribution >= 4 is 5.97 Å². The Morgan fingerprint density at radius 1 is 1.73 bits per heavy atom. The van der Waals surface area contributed by atoms with Crippen molar-refractivity contribution in [3.63, 3.8) is 0 Å². The van der Waals surface area contributed by atoms with Gasteiger partial charge in [0.25, 0.3) is 0 Å². The Morgan fingerprint density at radius 2 is 2.40 bits per heavy atom. The highest BCUT2D eigenvalue weighted by molar-refractivity contribution is 5.79. The number of carbonyl (C=O) groups is 1. The van der Waals surface area contributed by atoms with Crippen LogP contribution in [0.3, 0.4) is 0 Å². The van der Waals surface area contributed by atoms with Crippen molar-refractivity contribution in [2.24, 2.45) is 0 Å². The van der Waals surface area contributed by atoms with Crippen LogP contribution in [-0.4, -0.2) is 47.2 Å². The van der Waals surface area contributed by atoms with Gasteiger partial charge in [-0.15, -0.1) is 6.42 Å². The van der Waals surface area contributed by atoms with E-state index in [9.17, 15) is 9.90 Å². The quantitative estimate of drug-likeness (QED) is 0.648. The van der Waals surface area contributed by atoms with Crippen molar-refractivity contribution in [3.05, 3.63) is 0 Å². The minimum absolute atomic E-state index is 0.304. The second-order valence-electron chi connectivity index (χ2n) is 4.26. The summed E-state index contributed by atoms with van der Waals surface area (Å²) in [4.78, 5) is 13.4. The second-order valence-corrected chi connectivity index (χ2v) is 4.26. The maximum absolute atomic E-state index is 11.2. The minimum Gasteiger partial charge on any atom is -0.480 e. The van der Waals surface area contributed by atoms with Gasteiger partial charge in [0.2, 0.25) is 0 Å². The first kappa shape index (κ1) is 12.0. The van der Waals surface area contributed by atoms with Crippen LogP contribution >= 0.6 is 0 Å². The molecule has 1 heterocycles. The predicted molar refractivity (Wildman–Crippen MR) is 58.5 cm³/mol. The molecule has 0 aliphatic carbocycles. The van der Waals surface area contributed by atoms with Gasteiger partial charge < -0.3 is 5.11 Å². The van der Waals surface area contributed by atoms with Crippen LogP contribution in [-0.2, 0) is 4.79 Å². The Labute approximate surface area is 90.6 Å². The van der Waals surface area contributed by atoms with E-state index in [0.29, 0.717) is 25.6 Å². The second kappa shape index (κ2) is 4.65. The van der Waals surface area contributed by atoms with Gasteiger partial charge in [-0.2, -0.15) is 0 Å². The van der Waals surface area contributed by atoms with Crippen molar-refractivity contribution in [1.29, 1.82) is 0 Å². The number of nitrogens with zero attached hydrogens (tertiary/aromatic N) is 1. The van der Waals surface area contributed by atoms with E-state index in [2.05, 4.69) is 30.0 Å². The average molecular weight is 210 g/mol. The van der Waals surface area contributed by atoms with Gasteiger partial charge in [0, 0.05) is 19.1 Å². The van der Waals surface area contributed by atoms with Gasteiger partial charge >= 0.3 is 5.97 Å². The molecule has 0 amide bonds. The molecule has 15 heavy (non-hydrogen) atoms. The van der Waals surface area contributed by atoms with Crippen LogP contribution < -0.4 is 5.32 Å². The summed E-state index contributed by atoms with van der Waals surface area (Å²) < 4.78 is 0. The molecule has 4 heteroatoms. The first-order chi connectivity index (χ1) is 7.02. The average Bonchev–Trinajstić information content (AvgIpc) is 2.60. The fraction of sp³-hybridized carbons (Fsp3) is 0.727. The molecule has 1 atom stereocenters. The highest BCUT2D eigenvalue weighted by Crippen LogP contribution is 2.23. The fourth-order valence-electron chi connectivity index (χ4n) is 1.89. The van der Waals surface area contributed by atoms with E-state index in [4.69, 9.17) is 6.42 Å². The number of nitrogens with one attached hydrogen (secondary N) is 1. The summed E-state index contributed by atoms with van der Waals surface area (Å²) in [6.45, 7) is 5.78. The Hall–Kier alpha value is -1.05. The molecule has 0 saturated carbocycles. The largest absolute Gasteiger partial charge is 0.480 e. The summed E-state index contributed by atoms with van der Waals surface area (Å²) in [5, 5.41) is 12.2. The number of terminal acetylenes is 1. The summed E-state index contributed by atoms with van der Waals surface area (Å²) >= 11 is 0. The lowest BCUT2D eigenvalue weighted by atomic mass is 9.99. The molecule has 1 aliphatic rings. The SMILES string of the molecule is C#CCNC1(C(=O)O)CCN(C(C)C)C1. The zero-order chi connectivity index (χ0) is 11.5. The summed E-state index contributed by atoms with van der Waals surface area (Å²) in [6.07, 6.45) is 5.75. The van der Waals surface area contributed by atoms with Crippen molar-refractivity contribution in [3.8, 4) is 12.3 Å². The minimum atomic E-state index is -0.851. The van der Waals surface area contributed by atoms with E-state index in [0.717, 1.165) is 6.54 Å². The number of hydrogen-bond donors (Lipinski definition) is 2. The lowest BCUT2D eigenvalue weighted by Crippen LogP contribution is -2.54. The number of aliphatic carboxylic acids is 1. The first-order valence-corrected chi connectivity index (χ1v) is 5.18. The molecule has 0 aromatic rings. The predicted octanol–water partition coefficient (Wildman–Crippen LogP) is 0.147. The number of carboxylic acids is 1. The number of hydrogen-bond acceptors (Lipinski definition) is 3. The highest BCUT2D eigenvalue weighted by atomic mass is 16.4. The van der Waals surface area contributed by atoms with Gasteiger partial charge in [-0.25, -0.2) is 0 Å². The Morgan fingerprint density at radius 3 is 2.80 bits per heavy atom. The van der Waals surface area contributed by atoms with Gasteiger partial charge in [-0.05, 0) is 20.3 Å². The third kappa shape index (κ3) is 2.49. The lowest BCUT2D eigenvalue weighted by Gasteiger charge is -2.26. The zero-order valence-corrected chi connectivity index (χ0v) is 9.29. The van der Waals surface area contributed by atoms with Crippen LogP contribution in [0.1, 0.15) is 20.3 Å². The molecule has 1 fully saturated rings. The standard InChI is InChI=1S/C11H18N2O2/c1-4-6-12-11(10(14)15)5-7-13(8-11)9(2)3/h1,9,12H,5-8H2,2-3H3,(H,14,15). The zero-order valence-electron chi connectivity index (χ0n) is 9.29. The normalized spacial score (nSPS) is 26.8. The monoisotopic (exact) mass is 210 g/mol. The summed E-state index contributed by atoms with van der Waals surface area (Å²) in [7, 11) is 0. The van der Waals surface area contributed by atoms with Gasteiger partial charge in [0.15, 0.2) is 0 Å². The van der Waals surface area contributed by atoms with Gasteiger partial charge in [0.1, 0.15) is 5.54 Å². The van der Waals surface area contributed by atoms with Crippen molar-refractivity contribution in [2.75, 3.05) is 19.6 Å². The molecule has 1 aliphatic heterocycles. The van der Waals surface area contributed by atoms with E-state index in [1.54, 1.807) is 0 Å². The van der Waals surface area contributed by atoms with Crippen LogP contribution in [0.15, 0.2) is 0 Å². The van der Waals surface area contributed by atoms with Crippen LogP contribution in [0.5, 0.6) is 0 Å². The summed E-state index contributed by atoms with van der Waals surface area (Å²) in [5.41, 5.74) is -0.851. The first-order valence-electron chi connectivity index (χ1n) is 5.18. The Kier molecular flexibility index (Phi) is 3.72. The molecule has 1 saturated heterocycles. The highest BCUT2D eigenvalue weighted by Gasteiger charge is 2.44. The van der Waals surface area contributed by atoms with Crippen LogP contribution in [0.25, 0.3) is 0 Å². The van der Waals surface area contributed by atoms with E-state index in [-0.39, 0.29) is 0 Å². The molecule has 0 spiro atoms. The molecule has 0 radical (unpaired) electrons. The lowest BCUT2D eigenvalue weighted by molar-refractivity contribution is -0.144. The van der Waals surface area contributed by atoms with E-state index >= 15 is 0 Å².